The van der Waals surface area contributed by atoms with Gasteiger partial charge in [-0.05, 0) is 7.05 Å². The molecule has 1 fully saturated rings. The van der Waals surface area contributed by atoms with Crippen molar-refractivity contribution < 1.29 is 27.9 Å². The van der Waals surface area contributed by atoms with Gasteiger partial charge in [-0.15, -0.1) is 0 Å². The number of nitrogens with one attached hydrogen (secondary N) is 2. The van der Waals surface area contributed by atoms with Crippen molar-refractivity contribution in [1.82, 2.24) is 10.6 Å². The quantitative estimate of drug-likeness (QED) is 0.638. The molecule has 0 aromatic heterocycles. The largest absolute Gasteiger partial charge is 0.490 e. The highest BCUT2D eigenvalue weighted by molar-refractivity contribution is 5.96. The summed E-state index contributed by atoms with van der Waals surface area (Å²) in [5.41, 5.74) is 0.916. The molecule has 1 aliphatic rings. The standard InChI is InChI=1S/C8H14N2O.C2HF3O2/c1-6-5-10-8(11)7(6)3-4-9-2;3-2(4,5)1(6)7/h3,6,9H,4-5H2,1-2H3,(H,10,11);(H,6,7)/b7-3+;. The van der Waals surface area contributed by atoms with Crippen LogP contribution in [0.3, 0.4) is 0 Å². The van der Waals surface area contributed by atoms with Gasteiger partial charge in [0.05, 0.1) is 0 Å². The second-order valence-electron chi connectivity index (χ2n) is 3.63. The lowest BCUT2D eigenvalue weighted by Gasteiger charge is -1.99. The molecule has 3 N–H and O–H groups in total. The molecule has 1 amide bonds. The summed E-state index contributed by atoms with van der Waals surface area (Å²) in [5.74, 6) is -2.30. The zero-order valence-corrected chi connectivity index (χ0v) is 9.97. The summed E-state index contributed by atoms with van der Waals surface area (Å²) in [6.07, 6.45) is -3.13. The van der Waals surface area contributed by atoms with Gasteiger partial charge >= 0.3 is 12.1 Å². The SMILES string of the molecule is CNC/C=C1/C(=O)NCC1C.O=C(O)C(F)(F)F. The molecular weight excluding hydrogens is 253 g/mol. The molecule has 0 bridgehead atoms. The third-order valence-electron chi connectivity index (χ3n) is 2.13. The molecule has 1 aliphatic heterocycles. The maximum atomic E-state index is 11.1. The summed E-state index contributed by atoms with van der Waals surface area (Å²) in [6.45, 7) is 3.61. The number of halogens is 3. The van der Waals surface area contributed by atoms with Crippen LogP contribution in [0.2, 0.25) is 0 Å². The number of carboxylic acids is 1. The molecule has 1 unspecified atom stereocenters. The summed E-state index contributed by atoms with van der Waals surface area (Å²) in [4.78, 5) is 20.0. The molecule has 1 rings (SSSR count). The number of carboxylic acid groups (broad SMARTS) is 1. The predicted molar refractivity (Wildman–Crippen MR) is 57.9 cm³/mol. The molecule has 1 atom stereocenters. The maximum absolute atomic E-state index is 11.1. The fraction of sp³-hybridized carbons (Fsp3) is 0.600. The highest BCUT2D eigenvalue weighted by Gasteiger charge is 2.38. The normalized spacial score (nSPS) is 21.3. The van der Waals surface area contributed by atoms with Crippen LogP contribution in [0.25, 0.3) is 0 Å². The van der Waals surface area contributed by atoms with E-state index in [1.165, 1.54) is 0 Å². The van der Waals surface area contributed by atoms with Gasteiger partial charge < -0.3 is 15.7 Å². The van der Waals surface area contributed by atoms with Gasteiger partial charge in [0.1, 0.15) is 0 Å². The summed E-state index contributed by atoms with van der Waals surface area (Å²) in [6, 6.07) is 0. The second kappa shape index (κ2) is 7.00. The van der Waals surface area contributed by atoms with Crippen LogP contribution in [0.15, 0.2) is 11.6 Å². The van der Waals surface area contributed by atoms with Crippen LogP contribution in [0.1, 0.15) is 6.92 Å². The van der Waals surface area contributed by atoms with E-state index in [2.05, 4.69) is 17.6 Å². The summed E-state index contributed by atoms with van der Waals surface area (Å²) >= 11 is 0. The van der Waals surface area contributed by atoms with Crippen molar-refractivity contribution in [2.45, 2.75) is 13.1 Å². The maximum Gasteiger partial charge on any atom is 0.490 e. The van der Waals surface area contributed by atoms with Gasteiger partial charge in [-0.25, -0.2) is 4.79 Å². The Balaban J connectivity index is 0.000000360. The number of likely N-dealkylation sites (N-methyl/N-ethyl adjacent to an activating group) is 1. The van der Waals surface area contributed by atoms with E-state index in [9.17, 15) is 18.0 Å². The van der Waals surface area contributed by atoms with Gasteiger partial charge in [0.25, 0.3) is 0 Å². The Bertz CT molecular complexity index is 340. The Hall–Kier alpha value is -1.57. The lowest BCUT2D eigenvalue weighted by Crippen LogP contribution is -2.21. The number of hydrogen-bond donors (Lipinski definition) is 3. The minimum absolute atomic E-state index is 0.0905. The highest BCUT2D eigenvalue weighted by atomic mass is 19.4. The molecule has 0 saturated carbocycles. The van der Waals surface area contributed by atoms with E-state index in [4.69, 9.17) is 9.90 Å². The number of amides is 1. The minimum atomic E-state index is -5.08. The Morgan fingerprint density at radius 2 is 2.11 bits per heavy atom. The van der Waals surface area contributed by atoms with Crippen molar-refractivity contribution in [3.05, 3.63) is 11.6 Å². The molecule has 5 nitrogen and oxygen atoms in total. The van der Waals surface area contributed by atoms with E-state index in [-0.39, 0.29) is 5.91 Å². The molecule has 18 heavy (non-hydrogen) atoms. The van der Waals surface area contributed by atoms with Crippen molar-refractivity contribution in [3.8, 4) is 0 Å². The predicted octanol–water partition coefficient (Wildman–Crippen LogP) is 0.531. The summed E-state index contributed by atoms with van der Waals surface area (Å²) in [5, 5.41) is 12.9. The first-order chi connectivity index (χ1) is 8.20. The molecule has 0 radical (unpaired) electrons. The van der Waals surface area contributed by atoms with Crippen LogP contribution >= 0.6 is 0 Å². The van der Waals surface area contributed by atoms with Gasteiger partial charge in [0.2, 0.25) is 5.91 Å². The van der Waals surface area contributed by atoms with Crippen LogP contribution in [0.4, 0.5) is 13.2 Å². The molecule has 104 valence electrons. The Morgan fingerprint density at radius 3 is 2.39 bits per heavy atom. The van der Waals surface area contributed by atoms with Crippen molar-refractivity contribution >= 4 is 11.9 Å². The Labute approximate surface area is 102 Å². The molecule has 0 spiro atoms. The van der Waals surface area contributed by atoms with E-state index < -0.39 is 12.1 Å². The average molecular weight is 268 g/mol. The zero-order valence-electron chi connectivity index (χ0n) is 9.97. The number of rotatable bonds is 2. The van der Waals surface area contributed by atoms with Crippen LogP contribution in [-0.4, -0.2) is 43.3 Å². The van der Waals surface area contributed by atoms with Gasteiger partial charge in [0, 0.05) is 24.6 Å². The van der Waals surface area contributed by atoms with Gasteiger partial charge in [-0.2, -0.15) is 13.2 Å². The van der Waals surface area contributed by atoms with Crippen LogP contribution in [0.5, 0.6) is 0 Å². The van der Waals surface area contributed by atoms with Crippen LogP contribution < -0.4 is 10.6 Å². The molecule has 1 heterocycles. The van der Waals surface area contributed by atoms with Crippen molar-refractivity contribution in [3.63, 3.8) is 0 Å². The highest BCUT2D eigenvalue weighted by Crippen LogP contribution is 2.14. The molecule has 1 saturated heterocycles. The topological polar surface area (TPSA) is 78.4 Å². The van der Waals surface area contributed by atoms with Gasteiger partial charge in [-0.3, -0.25) is 4.79 Å². The number of carbonyl (C=O) groups excluding carboxylic acids is 1. The lowest BCUT2D eigenvalue weighted by molar-refractivity contribution is -0.192. The number of aliphatic carboxylic acids is 1. The van der Waals surface area contributed by atoms with Crippen molar-refractivity contribution in [2.75, 3.05) is 20.1 Å². The molecule has 0 aliphatic carbocycles. The van der Waals surface area contributed by atoms with E-state index in [0.29, 0.717) is 5.92 Å². The minimum Gasteiger partial charge on any atom is -0.475 e. The number of hydrogen-bond acceptors (Lipinski definition) is 3. The third-order valence-corrected chi connectivity index (χ3v) is 2.13. The zero-order chi connectivity index (χ0) is 14.3. The first-order valence-electron chi connectivity index (χ1n) is 5.13. The lowest BCUT2D eigenvalue weighted by atomic mass is 10.1. The summed E-state index contributed by atoms with van der Waals surface area (Å²) in [7, 11) is 1.87. The Morgan fingerprint density at radius 1 is 1.61 bits per heavy atom. The van der Waals surface area contributed by atoms with Crippen LogP contribution in [-0.2, 0) is 9.59 Å². The third kappa shape index (κ3) is 5.67. The van der Waals surface area contributed by atoms with Gasteiger partial charge in [-0.1, -0.05) is 13.0 Å². The average Bonchev–Trinajstić information content (AvgIpc) is 2.56. The van der Waals surface area contributed by atoms with Crippen molar-refractivity contribution in [2.24, 2.45) is 5.92 Å². The first kappa shape index (κ1) is 16.4. The second-order valence-corrected chi connectivity index (χ2v) is 3.63. The van der Waals surface area contributed by atoms with E-state index in [1.807, 2.05) is 13.1 Å². The Kier molecular flexibility index (Phi) is 6.39. The fourth-order valence-corrected chi connectivity index (χ4v) is 1.19. The van der Waals surface area contributed by atoms with Gasteiger partial charge in [0.15, 0.2) is 0 Å². The number of alkyl halides is 3. The summed E-state index contributed by atoms with van der Waals surface area (Å²) < 4.78 is 31.7. The van der Waals surface area contributed by atoms with Crippen LogP contribution in [0, 0.1) is 5.92 Å². The molecular formula is C10H15F3N2O3. The number of carbonyl (C=O) groups is 2. The smallest absolute Gasteiger partial charge is 0.475 e. The van der Waals surface area contributed by atoms with E-state index in [0.717, 1.165) is 18.7 Å². The molecule has 8 heteroatoms. The molecule has 0 aromatic carbocycles. The molecule has 0 aromatic rings. The fourth-order valence-electron chi connectivity index (χ4n) is 1.19. The van der Waals surface area contributed by atoms with E-state index in [1.54, 1.807) is 0 Å². The van der Waals surface area contributed by atoms with E-state index >= 15 is 0 Å². The van der Waals surface area contributed by atoms with Crippen molar-refractivity contribution in [1.29, 1.82) is 0 Å². The first-order valence-corrected chi connectivity index (χ1v) is 5.13. The monoisotopic (exact) mass is 268 g/mol.